The molecule has 0 spiro atoms. The molecule has 0 aliphatic heterocycles. The molecular formula is C15H20N2S. The highest BCUT2D eigenvalue weighted by atomic mass is 32.1. The number of hydrogen-bond donors (Lipinski definition) is 2. The van der Waals surface area contributed by atoms with Crippen LogP contribution in [0.5, 0.6) is 0 Å². The lowest BCUT2D eigenvalue weighted by molar-refractivity contribution is 0.499. The summed E-state index contributed by atoms with van der Waals surface area (Å²) in [6.07, 6.45) is 3.33. The molecule has 1 aromatic heterocycles. The van der Waals surface area contributed by atoms with Crippen molar-refractivity contribution in [3.05, 3.63) is 57.8 Å². The van der Waals surface area contributed by atoms with Crippen molar-refractivity contribution in [2.24, 2.45) is 5.84 Å². The van der Waals surface area contributed by atoms with E-state index in [0.29, 0.717) is 0 Å². The van der Waals surface area contributed by atoms with Gasteiger partial charge in [0.05, 0.1) is 0 Å². The molecular weight excluding hydrogens is 240 g/mol. The minimum Gasteiger partial charge on any atom is -0.271 e. The highest BCUT2D eigenvalue weighted by Gasteiger charge is 2.10. The SMILES string of the molecule is Cc1cc(C(CCCc2ccccc2)NN)cs1. The topological polar surface area (TPSA) is 38.0 Å². The normalized spacial score (nSPS) is 12.6. The standard InChI is InChI=1S/C15H20N2S/c1-12-10-14(11-18-12)15(17-16)9-5-8-13-6-3-2-4-7-13/h2-4,6-7,10-11,15,17H,5,8-9,16H2,1H3. The van der Waals surface area contributed by atoms with Crippen molar-refractivity contribution in [3.63, 3.8) is 0 Å². The number of nitrogens with one attached hydrogen (secondary N) is 1. The Bertz CT molecular complexity index is 464. The first-order chi connectivity index (χ1) is 8.79. The van der Waals surface area contributed by atoms with Crippen molar-refractivity contribution in [2.45, 2.75) is 32.2 Å². The van der Waals surface area contributed by atoms with Crippen LogP contribution in [0.2, 0.25) is 0 Å². The molecule has 0 fully saturated rings. The molecule has 0 amide bonds. The van der Waals surface area contributed by atoms with Gasteiger partial charge in [-0.15, -0.1) is 11.3 Å². The largest absolute Gasteiger partial charge is 0.271 e. The molecule has 0 saturated carbocycles. The van der Waals surface area contributed by atoms with Crippen LogP contribution in [-0.2, 0) is 6.42 Å². The number of aryl methyl sites for hydroxylation is 2. The Kier molecular flexibility index (Phi) is 4.93. The molecule has 0 saturated heterocycles. The van der Waals surface area contributed by atoms with E-state index in [1.165, 1.54) is 16.0 Å². The number of rotatable bonds is 6. The summed E-state index contributed by atoms with van der Waals surface area (Å²) in [5, 5.41) is 2.20. The second-order valence-electron chi connectivity index (χ2n) is 4.59. The Morgan fingerprint density at radius 1 is 1.28 bits per heavy atom. The Morgan fingerprint density at radius 2 is 2.06 bits per heavy atom. The molecule has 1 aromatic carbocycles. The lowest BCUT2D eigenvalue weighted by Gasteiger charge is -2.14. The number of hydrazine groups is 1. The fourth-order valence-corrected chi connectivity index (χ4v) is 2.91. The summed E-state index contributed by atoms with van der Waals surface area (Å²) in [7, 11) is 0. The van der Waals surface area contributed by atoms with Crippen LogP contribution in [0.1, 0.15) is 34.9 Å². The monoisotopic (exact) mass is 260 g/mol. The Balaban J connectivity index is 1.85. The summed E-state index contributed by atoms with van der Waals surface area (Å²) in [6, 6.07) is 13.1. The number of thiophene rings is 1. The van der Waals surface area contributed by atoms with E-state index in [1.807, 2.05) is 0 Å². The van der Waals surface area contributed by atoms with Gasteiger partial charge in [-0.1, -0.05) is 30.3 Å². The molecule has 0 aliphatic rings. The van der Waals surface area contributed by atoms with Crippen LogP contribution in [0, 0.1) is 6.92 Å². The molecule has 1 heterocycles. The third kappa shape index (κ3) is 3.67. The van der Waals surface area contributed by atoms with Gasteiger partial charge in [-0.25, -0.2) is 0 Å². The zero-order valence-corrected chi connectivity index (χ0v) is 11.5. The first-order valence-corrected chi connectivity index (χ1v) is 7.22. The molecule has 18 heavy (non-hydrogen) atoms. The predicted octanol–water partition coefficient (Wildman–Crippen LogP) is 3.58. The van der Waals surface area contributed by atoms with Crippen molar-refractivity contribution in [1.82, 2.24) is 5.43 Å². The van der Waals surface area contributed by atoms with Gasteiger partial charge in [-0.3, -0.25) is 11.3 Å². The zero-order chi connectivity index (χ0) is 12.8. The minimum atomic E-state index is 0.277. The maximum absolute atomic E-state index is 5.65. The first kappa shape index (κ1) is 13.3. The van der Waals surface area contributed by atoms with Crippen LogP contribution < -0.4 is 11.3 Å². The molecule has 3 N–H and O–H groups in total. The average Bonchev–Trinajstić information content (AvgIpc) is 2.82. The molecule has 1 unspecified atom stereocenters. The lowest BCUT2D eigenvalue weighted by atomic mass is 10.0. The molecule has 0 radical (unpaired) electrons. The molecule has 2 nitrogen and oxygen atoms in total. The second-order valence-corrected chi connectivity index (χ2v) is 5.70. The minimum absolute atomic E-state index is 0.277. The van der Waals surface area contributed by atoms with E-state index >= 15 is 0 Å². The number of benzene rings is 1. The summed E-state index contributed by atoms with van der Waals surface area (Å²) in [4.78, 5) is 1.34. The van der Waals surface area contributed by atoms with E-state index < -0.39 is 0 Å². The predicted molar refractivity (Wildman–Crippen MR) is 78.5 cm³/mol. The van der Waals surface area contributed by atoms with E-state index in [-0.39, 0.29) is 6.04 Å². The first-order valence-electron chi connectivity index (χ1n) is 6.34. The fourth-order valence-electron chi connectivity index (χ4n) is 2.15. The van der Waals surface area contributed by atoms with Crippen LogP contribution in [0.3, 0.4) is 0 Å². The van der Waals surface area contributed by atoms with Gasteiger partial charge in [0.2, 0.25) is 0 Å². The molecule has 0 aliphatic carbocycles. The fraction of sp³-hybridized carbons (Fsp3) is 0.333. The van der Waals surface area contributed by atoms with Gasteiger partial charge in [-0.05, 0) is 48.8 Å². The van der Waals surface area contributed by atoms with Crippen molar-refractivity contribution in [2.75, 3.05) is 0 Å². The Hall–Kier alpha value is -1.16. The van der Waals surface area contributed by atoms with E-state index in [2.05, 4.69) is 54.1 Å². The molecule has 96 valence electrons. The third-order valence-corrected chi connectivity index (χ3v) is 4.04. The van der Waals surface area contributed by atoms with E-state index in [9.17, 15) is 0 Å². The summed E-state index contributed by atoms with van der Waals surface area (Å²) in [6.45, 7) is 2.13. The lowest BCUT2D eigenvalue weighted by Crippen LogP contribution is -2.27. The van der Waals surface area contributed by atoms with Crippen LogP contribution in [0.25, 0.3) is 0 Å². The highest BCUT2D eigenvalue weighted by Crippen LogP contribution is 2.23. The second kappa shape index (κ2) is 6.69. The smallest absolute Gasteiger partial charge is 0.0468 e. The molecule has 2 rings (SSSR count). The quantitative estimate of drug-likeness (QED) is 0.615. The van der Waals surface area contributed by atoms with E-state index in [0.717, 1.165) is 19.3 Å². The number of nitrogens with two attached hydrogens (primary N) is 1. The van der Waals surface area contributed by atoms with Crippen molar-refractivity contribution < 1.29 is 0 Å². The molecule has 3 heteroatoms. The van der Waals surface area contributed by atoms with Gasteiger partial charge in [0, 0.05) is 10.9 Å². The highest BCUT2D eigenvalue weighted by molar-refractivity contribution is 7.10. The summed E-state index contributed by atoms with van der Waals surface area (Å²) >= 11 is 1.78. The van der Waals surface area contributed by atoms with E-state index in [1.54, 1.807) is 11.3 Å². The van der Waals surface area contributed by atoms with Gasteiger partial charge < -0.3 is 0 Å². The zero-order valence-electron chi connectivity index (χ0n) is 10.7. The summed E-state index contributed by atoms with van der Waals surface area (Å²) < 4.78 is 0. The van der Waals surface area contributed by atoms with Gasteiger partial charge in [0.1, 0.15) is 0 Å². The summed E-state index contributed by atoms with van der Waals surface area (Å²) in [5.74, 6) is 5.65. The van der Waals surface area contributed by atoms with Crippen LogP contribution in [0.4, 0.5) is 0 Å². The van der Waals surface area contributed by atoms with Crippen LogP contribution in [-0.4, -0.2) is 0 Å². The van der Waals surface area contributed by atoms with E-state index in [4.69, 9.17) is 5.84 Å². The molecule has 2 aromatic rings. The Morgan fingerprint density at radius 3 is 2.67 bits per heavy atom. The number of hydrogen-bond acceptors (Lipinski definition) is 3. The van der Waals surface area contributed by atoms with Crippen LogP contribution >= 0.6 is 11.3 Å². The summed E-state index contributed by atoms with van der Waals surface area (Å²) in [5.41, 5.74) is 5.64. The maximum atomic E-state index is 5.65. The van der Waals surface area contributed by atoms with Crippen molar-refractivity contribution in [1.29, 1.82) is 0 Å². The van der Waals surface area contributed by atoms with Crippen molar-refractivity contribution in [3.8, 4) is 0 Å². The third-order valence-electron chi connectivity index (χ3n) is 3.16. The van der Waals surface area contributed by atoms with Crippen LogP contribution in [0.15, 0.2) is 41.8 Å². The molecule has 1 atom stereocenters. The maximum Gasteiger partial charge on any atom is 0.0468 e. The van der Waals surface area contributed by atoms with Gasteiger partial charge >= 0.3 is 0 Å². The average molecular weight is 260 g/mol. The van der Waals surface area contributed by atoms with Crippen molar-refractivity contribution >= 4 is 11.3 Å². The Labute approximate surface area is 113 Å². The molecule has 0 bridgehead atoms. The van der Waals surface area contributed by atoms with Gasteiger partial charge in [0.15, 0.2) is 0 Å². The van der Waals surface area contributed by atoms with Gasteiger partial charge in [-0.2, -0.15) is 0 Å². The van der Waals surface area contributed by atoms with Gasteiger partial charge in [0.25, 0.3) is 0 Å².